The Bertz CT molecular complexity index is 800. The molecule has 138 valence electrons. The van der Waals surface area contributed by atoms with Gasteiger partial charge in [0.1, 0.15) is 5.69 Å². The maximum Gasteiger partial charge on any atom is 0.226 e. The quantitative estimate of drug-likeness (QED) is 0.841. The summed E-state index contributed by atoms with van der Waals surface area (Å²) in [6.07, 6.45) is 5.08. The second-order valence-corrected chi connectivity index (χ2v) is 7.31. The van der Waals surface area contributed by atoms with E-state index in [0.717, 1.165) is 25.7 Å². The lowest BCUT2D eigenvalue weighted by molar-refractivity contribution is -0.151. The number of carbonyl (C=O) groups is 1. The maximum absolute atomic E-state index is 15.0. The molecule has 4 rings (SSSR count). The molecule has 1 fully saturated rings. The van der Waals surface area contributed by atoms with Crippen LogP contribution in [0.1, 0.15) is 29.7 Å². The SMILES string of the molecule is O=C(C1CCCc2ccccc2C1)N1CC(F)(c2cn(CCO)nn2)C1. The molecule has 6 nitrogen and oxygen atoms in total. The van der Waals surface area contributed by atoms with E-state index in [4.69, 9.17) is 5.11 Å². The molecule has 1 aliphatic heterocycles. The lowest BCUT2D eigenvalue weighted by Gasteiger charge is -2.44. The highest BCUT2D eigenvalue weighted by Crippen LogP contribution is 2.37. The molecule has 1 amide bonds. The van der Waals surface area contributed by atoms with E-state index in [1.54, 1.807) is 4.90 Å². The minimum atomic E-state index is -1.63. The Morgan fingerprint density at radius 1 is 1.31 bits per heavy atom. The van der Waals surface area contributed by atoms with Gasteiger partial charge in [-0.2, -0.15) is 0 Å². The fraction of sp³-hybridized carbons (Fsp3) is 0.526. The number of amides is 1. The van der Waals surface area contributed by atoms with Gasteiger partial charge in [-0.05, 0) is 36.8 Å². The first-order chi connectivity index (χ1) is 12.6. The molecule has 0 radical (unpaired) electrons. The maximum atomic E-state index is 15.0. The zero-order chi connectivity index (χ0) is 18.1. The van der Waals surface area contributed by atoms with Gasteiger partial charge < -0.3 is 10.0 Å². The van der Waals surface area contributed by atoms with Crippen LogP contribution in [0.15, 0.2) is 30.5 Å². The Morgan fingerprint density at radius 3 is 2.85 bits per heavy atom. The Morgan fingerprint density at radius 2 is 2.08 bits per heavy atom. The van der Waals surface area contributed by atoms with Crippen molar-refractivity contribution in [1.82, 2.24) is 19.9 Å². The molecule has 1 aromatic carbocycles. The second-order valence-electron chi connectivity index (χ2n) is 7.31. The van der Waals surface area contributed by atoms with Crippen LogP contribution in [0.5, 0.6) is 0 Å². The van der Waals surface area contributed by atoms with Gasteiger partial charge in [0.2, 0.25) is 5.91 Å². The van der Waals surface area contributed by atoms with Crippen molar-refractivity contribution in [2.45, 2.75) is 37.9 Å². The Balaban J connectivity index is 1.41. The zero-order valence-corrected chi connectivity index (χ0v) is 14.6. The van der Waals surface area contributed by atoms with E-state index in [0.29, 0.717) is 0 Å². The normalized spacial score (nSPS) is 21.6. The molecule has 1 N–H and O–H groups in total. The molecule has 0 saturated carbocycles. The first-order valence-corrected chi connectivity index (χ1v) is 9.15. The van der Waals surface area contributed by atoms with Crippen molar-refractivity contribution < 1.29 is 14.3 Å². The lowest BCUT2D eigenvalue weighted by Crippen LogP contribution is -2.60. The first-order valence-electron chi connectivity index (χ1n) is 9.15. The summed E-state index contributed by atoms with van der Waals surface area (Å²) in [5, 5.41) is 16.6. The summed E-state index contributed by atoms with van der Waals surface area (Å²) in [5.74, 6) is -0.0361. The fourth-order valence-electron chi connectivity index (χ4n) is 3.97. The molecule has 2 aliphatic rings. The number of nitrogens with zero attached hydrogens (tertiary/aromatic N) is 4. The van der Waals surface area contributed by atoms with E-state index >= 15 is 4.39 Å². The number of hydrogen-bond acceptors (Lipinski definition) is 4. The number of fused-ring (bicyclic) bond motifs is 1. The molecule has 1 saturated heterocycles. The summed E-state index contributed by atoms with van der Waals surface area (Å²) < 4.78 is 16.4. The number of alkyl halides is 1. The Kier molecular flexibility index (Phi) is 4.48. The van der Waals surface area contributed by atoms with Crippen LogP contribution in [0.2, 0.25) is 0 Å². The molecule has 7 heteroatoms. The standard InChI is InChI=1S/C19H23FN4O2/c20-19(17-11-24(8-9-25)22-21-17)12-23(13-19)18(26)16-7-3-6-14-4-1-2-5-15(14)10-16/h1-2,4-5,11,16,25H,3,6-10,12-13H2. The van der Waals surface area contributed by atoms with Crippen molar-refractivity contribution in [2.75, 3.05) is 19.7 Å². The highest BCUT2D eigenvalue weighted by Gasteiger charge is 2.50. The smallest absolute Gasteiger partial charge is 0.226 e. The van der Waals surface area contributed by atoms with Crippen LogP contribution in [0, 0.1) is 5.92 Å². The zero-order valence-electron chi connectivity index (χ0n) is 14.6. The Hall–Kier alpha value is -2.28. The van der Waals surface area contributed by atoms with E-state index < -0.39 is 5.67 Å². The number of aromatic nitrogens is 3. The molecule has 0 spiro atoms. The largest absolute Gasteiger partial charge is 0.394 e. The molecule has 2 heterocycles. The van der Waals surface area contributed by atoms with Gasteiger partial charge in [0.25, 0.3) is 0 Å². The lowest BCUT2D eigenvalue weighted by atomic mass is 9.89. The van der Waals surface area contributed by atoms with E-state index in [-0.39, 0.29) is 43.8 Å². The van der Waals surface area contributed by atoms with Gasteiger partial charge in [-0.25, -0.2) is 9.07 Å². The number of carbonyl (C=O) groups excluding carboxylic acids is 1. The number of likely N-dealkylation sites (tertiary alicyclic amines) is 1. The number of hydrogen-bond donors (Lipinski definition) is 1. The number of aliphatic hydroxyl groups excluding tert-OH is 1. The number of aryl methyl sites for hydroxylation is 1. The summed E-state index contributed by atoms with van der Waals surface area (Å²) in [5.41, 5.74) is 1.17. The topological polar surface area (TPSA) is 71.2 Å². The molecule has 1 aliphatic carbocycles. The van der Waals surface area contributed by atoms with Crippen LogP contribution < -0.4 is 0 Å². The second kappa shape index (κ2) is 6.79. The monoisotopic (exact) mass is 358 g/mol. The van der Waals surface area contributed by atoms with Crippen molar-refractivity contribution in [3.05, 3.63) is 47.3 Å². The van der Waals surface area contributed by atoms with Crippen LogP contribution in [0.4, 0.5) is 4.39 Å². The predicted octanol–water partition coefficient (Wildman–Crippen LogP) is 1.47. The van der Waals surface area contributed by atoms with E-state index in [1.165, 1.54) is 22.0 Å². The average Bonchev–Trinajstić information content (AvgIpc) is 2.97. The number of halogens is 1. The number of benzene rings is 1. The van der Waals surface area contributed by atoms with Gasteiger partial charge in [-0.1, -0.05) is 29.5 Å². The summed E-state index contributed by atoms with van der Waals surface area (Å²) >= 11 is 0. The third-order valence-corrected chi connectivity index (χ3v) is 5.45. The minimum absolute atomic E-state index is 0.0296. The Labute approximate surface area is 151 Å². The third kappa shape index (κ3) is 3.11. The highest BCUT2D eigenvalue weighted by atomic mass is 19.1. The van der Waals surface area contributed by atoms with Crippen LogP contribution in [0.3, 0.4) is 0 Å². The molecule has 1 aromatic heterocycles. The first kappa shape index (κ1) is 17.1. The minimum Gasteiger partial charge on any atom is -0.394 e. The summed E-state index contributed by atoms with van der Waals surface area (Å²) in [7, 11) is 0. The van der Waals surface area contributed by atoms with Crippen molar-refractivity contribution in [3.63, 3.8) is 0 Å². The van der Waals surface area contributed by atoms with Gasteiger partial charge in [-0.15, -0.1) is 5.10 Å². The molecular formula is C19H23FN4O2. The van der Waals surface area contributed by atoms with Crippen molar-refractivity contribution in [3.8, 4) is 0 Å². The van der Waals surface area contributed by atoms with Gasteiger partial charge in [0, 0.05) is 5.92 Å². The van der Waals surface area contributed by atoms with Crippen LogP contribution in [0.25, 0.3) is 0 Å². The van der Waals surface area contributed by atoms with E-state index in [2.05, 4.69) is 22.4 Å². The molecule has 26 heavy (non-hydrogen) atoms. The number of rotatable bonds is 4. The van der Waals surface area contributed by atoms with Crippen molar-refractivity contribution >= 4 is 5.91 Å². The average molecular weight is 358 g/mol. The van der Waals surface area contributed by atoms with Crippen LogP contribution >= 0.6 is 0 Å². The predicted molar refractivity (Wildman–Crippen MR) is 93.0 cm³/mol. The number of aliphatic hydroxyl groups is 1. The van der Waals surface area contributed by atoms with Gasteiger partial charge in [0.15, 0.2) is 5.67 Å². The van der Waals surface area contributed by atoms with E-state index in [9.17, 15) is 4.79 Å². The molecule has 1 unspecified atom stereocenters. The molecular weight excluding hydrogens is 335 g/mol. The summed E-state index contributed by atoms with van der Waals surface area (Å²) in [6, 6.07) is 8.28. The molecule has 2 aromatic rings. The van der Waals surface area contributed by atoms with Gasteiger partial charge >= 0.3 is 0 Å². The van der Waals surface area contributed by atoms with Crippen LogP contribution in [-0.2, 0) is 29.8 Å². The molecule has 0 bridgehead atoms. The highest BCUT2D eigenvalue weighted by molar-refractivity contribution is 5.80. The third-order valence-electron chi connectivity index (χ3n) is 5.45. The summed E-state index contributed by atoms with van der Waals surface area (Å²) in [6.45, 7) is 0.270. The van der Waals surface area contributed by atoms with Gasteiger partial charge in [-0.3, -0.25) is 4.79 Å². The molecule has 1 atom stereocenters. The van der Waals surface area contributed by atoms with E-state index in [1.807, 2.05) is 12.1 Å². The van der Waals surface area contributed by atoms with Gasteiger partial charge in [0.05, 0.1) is 32.4 Å². The summed E-state index contributed by atoms with van der Waals surface area (Å²) in [4.78, 5) is 14.5. The fourth-order valence-corrected chi connectivity index (χ4v) is 3.97. The van der Waals surface area contributed by atoms with Crippen LogP contribution in [-0.4, -0.2) is 50.6 Å². The van der Waals surface area contributed by atoms with Crippen molar-refractivity contribution in [2.24, 2.45) is 5.92 Å². The van der Waals surface area contributed by atoms with Crippen molar-refractivity contribution in [1.29, 1.82) is 0 Å².